The van der Waals surface area contributed by atoms with Gasteiger partial charge in [-0.2, -0.15) is 0 Å². The van der Waals surface area contributed by atoms with Gasteiger partial charge in [-0.1, -0.05) is 29.7 Å². The third-order valence-electron chi connectivity index (χ3n) is 4.24. The number of methoxy groups -OCH3 is 1. The first-order valence-electron chi connectivity index (χ1n) is 8.93. The summed E-state index contributed by atoms with van der Waals surface area (Å²) in [6.07, 6.45) is 0. The van der Waals surface area contributed by atoms with E-state index in [9.17, 15) is 4.79 Å². The molecule has 0 radical (unpaired) electrons. The summed E-state index contributed by atoms with van der Waals surface area (Å²) >= 11 is 0. The van der Waals surface area contributed by atoms with Gasteiger partial charge in [-0.3, -0.25) is 0 Å². The lowest BCUT2D eigenvalue weighted by molar-refractivity contribution is 0.0600. The average molecular weight is 380 g/mol. The topological polar surface area (TPSA) is 44.8 Å². The second-order valence-corrected chi connectivity index (χ2v) is 6.22. The van der Waals surface area contributed by atoms with Gasteiger partial charge in [0.1, 0.15) is 0 Å². The van der Waals surface area contributed by atoms with Crippen LogP contribution in [0.3, 0.4) is 0 Å². The number of benzene rings is 3. The molecule has 0 bridgehead atoms. The Labute approximate surface area is 169 Å². The Bertz CT molecular complexity index is 1190. The quantitative estimate of drug-likeness (QED) is 0.473. The zero-order chi connectivity index (χ0) is 20.1. The summed E-state index contributed by atoms with van der Waals surface area (Å²) in [4.78, 5) is 11.5. The lowest BCUT2D eigenvalue weighted by Crippen LogP contribution is -2.00. The zero-order valence-corrected chi connectivity index (χ0v) is 15.7. The van der Waals surface area contributed by atoms with Gasteiger partial charge in [-0.25, -0.2) is 4.79 Å². The molecule has 0 fully saturated rings. The van der Waals surface area contributed by atoms with Crippen molar-refractivity contribution >= 4 is 5.97 Å². The van der Waals surface area contributed by atoms with Crippen molar-refractivity contribution in [3.05, 3.63) is 94.5 Å². The van der Waals surface area contributed by atoms with Crippen LogP contribution < -0.4 is 9.47 Å². The van der Waals surface area contributed by atoms with Crippen LogP contribution in [0.4, 0.5) is 0 Å². The van der Waals surface area contributed by atoms with Crippen molar-refractivity contribution in [1.82, 2.24) is 0 Å². The van der Waals surface area contributed by atoms with Gasteiger partial charge in [0.05, 0.1) is 12.7 Å². The first-order valence-corrected chi connectivity index (χ1v) is 8.93. The van der Waals surface area contributed by atoms with Crippen molar-refractivity contribution in [3.63, 3.8) is 0 Å². The molecule has 4 heteroatoms. The van der Waals surface area contributed by atoms with Gasteiger partial charge in [0.2, 0.25) is 6.79 Å². The summed E-state index contributed by atoms with van der Waals surface area (Å²) in [6, 6.07) is 20.4. The van der Waals surface area contributed by atoms with Gasteiger partial charge in [-0.15, -0.1) is 0 Å². The predicted octanol–water partition coefficient (Wildman–Crippen LogP) is 4.00. The molecule has 140 valence electrons. The van der Waals surface area contributed by atoms with Crippen LogP contribution in [0.15, 0.2) is 66.7 Å². The molecule has 0 aromatic heterocycles. The maximum absolute atomic E-state index is 11.5. The molecular formula is C25H16O4. The van der Waals surface area contributed by atoms with Gasteiger partial charge >= 0.3 is 5.97 Å². The van der Waals surface area contributed by atoms with Crippen molar-refractivity contribution in [2.45, 2.75) is 0 Å². The van der Waals surface area contributed by atoms with Crippen LogP contribution in [0.5, 0.6) is 11.5 Å². The predicted molar refractivity (Wildman–Crippen MR) is 109 cm³/mol. The Morgan fingerprint density at radius 1 is 0.759 bits per heavy atom. The molecule has 29 heavy (non-hydrogen) atoms. The number of ether oxygens (including phenoxy) is 3. The van der Waals surface area contributed by atoms with Crippen LogP contribution in [0.2, 0.25) is 0 Å². The molecule has 1 aliphatic heterocycles. The smallest absolute Gasteiger partial charge is 0.337 e. The second-order valence-electron chi connectivity index (χ2n) is 6.22. The average Bonchev–Trinajstić information content (AvgIpc) is 3.24. The molecule has 3 aromatic rings. The van der Waals surface area contributed by atoms with E-state index in [0.29, 0.717) is 5.56 Å². The molecule has 0 aliphatic carbocycles. The van der Waals surface area contributed by atoms with E-state index in [1.807, 2.05) is 42.5 Å². The van der Waals surface area contributed by atoms with E-state index in [1.54, 1.807) is 24.3 Å². The van der Waals surface area contributed by atoms with Gasteiger partial charge < -0.3 is 14.2 Å². The molecule has 0 atom stereocenters. The minimum atomic E-state index is -0.363. The van der Waals surface area contributed by atoms with Crippen molar-refractivity contribution in [3.8, 4) is 35.2 Å². The molecule has 0 spiro atoms. The fraction of sp³-hybridized carbons (Fsp3) is 0.0800. The molecule has 0 saturated carbocycles. The minimum absolute atomic E-state index is 0.248. The summed E-state index contributed by atoms with van der Waals surface area (Å²) in [5.41, 5.74) is 3.90. The number of hydrogen-bond acceptors (Lipinski definition) is 4. The van der Waals surface area contributed by atoms with Crippen molar-refractivity contribution in [2.24, 2.45) is 0 Å². The number of hydrogen-bond donors (Lipinski definition) is 0. The first kappa shape index (κ1) is 18.2. The summed E-state index contributed by atoms with van der Waals surface area (Å²) in [5.74, 6) is 13.6. The van der Waals surface area contributed by atoms with Gasteiger partial charge in [-0.05, 0) is 60.7 Å². The van der Waals surface area contributed by atoms with Crippen LogP contribution >= 0.6 is 0 Å². The zero-order valence-electron chi connectivity index (χ0n) is 15.7. The number of carbonyl (C=O) groups excluding carboxylic acids is 1. The van der Waals surface area contributed by atoms with Crippen LogP contribution in [-0.4, -0.2) is 19.9 Å². The second kappa shape index (κ2) is 8.25. The molecule has 0 N–H and O–H groups in total. The van der Waals surface area contributed by atoms with E-state index >= 15 is 0 Å². The normalized spacial score (nSPS) is 10.9. The monoisotopic (exact) mass is 380 g/mol. The van der Waals surface area contributed by atoms with Crippen LogP contribution in [0.25, 0.3) is 0 Å². The Morgan fingerprint density at radius 3 is 2.03 bits per heavy atom. The Morgan fingerprint density at radius 2 is 1.34 bits per heavy atom. The van der Waals surface area contributed by atoms with Gasteiger partial charge in [0, 0.05) is 22.3 Å². The van der Waals surface area contributed by atoms with E-state index < -0.39 is 0 Å². The van der Waals surface area contributed by atoms with Crippen LogP contribution in [-0.2, 0) is 4.74 Å². The van der Waals surface area contributed by atoms with Gasteiger partial charge in [0.15, 0.2) is 11.5 Å². The Hall–Kier alpha value is -4.15. The molecule has 3 aromatic carbocycles. The van der Waals surface area contributed by atoms with Crippen molar-refractivity contribution in [1.29, 1.82) is 0 Å². The molecule has 0 unspecified atom stereocenters. The first-order chi connectivity index (χ1) is 14.2. The summed E-state index contributed by atoms with van der Waals surface area (Å²) in [5, 5.41) is 0. The lowest BCUT2D eigenvalue weighted by atomic mass is 10.1. The van der Waals surface area contributed by atoms with Crippen LogP contribution in [0, 0.1) is 23.7 Å². The van der Waals surface area contributed by atoms with Crippen molar-refractivity contribution in [2.75, 3.05) is 13.9 Å². The van der Waals surface area contributed by atoms with Crippen molar-refractivity contribution < 1.29 is 19.0 Å². The molecule has 1 aliphatic rings. The molecule has 4 rings (SSSR count). The summed E-state index contributed by atoms with van der Waals surface area (Å²) in [7, 11) is 1.36. The fourth-order valence-electron chi connectivity index (χ4n) is 2.75. The standard InChI is InChI=1S/C25H16O4/c1-27-25(26)22-12-9-18(10-13-22)5-6-19-3-2-4-20(15-19)7-8-21-11-14-23-24(16-21)29-17-28-23/h2-4,9-16H,17H2,1H3. The number of carbonyl (C=O) groups is 1. The van der Waals surface area contributed by atoms with E-state index in [1.165, 1.54) is 7.11 Å². The van der Waals surface area contributed by atoms with E-state index in [4.69, 9.17) is 14.2 Å². The highest BCUT2D eigenvalue weighted by molar-refractivity contribution is 5.89. The highest BCUT2D eigenvalue weighted by Gasteiger charge is 2.12. The molecule has 4 nitrogen and oxygen atoms in total. The minimum Gasteiger partial charge on any atom is -0.465 e. The lowest BCUT2D eigenvalue weighted by Gasteiger charge is -1.98. The van der Waals surface area contributed by atoms with E-state index in [-0.39, 0.29) is 12.8 Å². The molecule has 0 saturated heterocycles. The number of fused-ring (bicyclic) bond motifs is 1. The molecular weight excluding hydrogens is 364 g/mol. The molecule has 1 heterocycles. The third-order valence-corrected chi connectivity index (χ3v) is 4.24. The van der Waals surface area contributed by atoms with Crippen LogP contribution in [0.1, 0.15) is 32.6 Å². The number of rotatable bonds is 1. The van der Waals surface area contributed by atoms with Gasteiger partial charge in [0.25, 0.3) is 0 Å². The number of esters is 1. The van der Waals surface area contributed by atoms with E-state index in [2.05, 4.69) is 23.7 Å². The summed E-state index contributed by atoms with van der Waals surface area (Å²) in [6.45, 7) is 0.248. The Balaban J connectivity index is 1.50. The Kier molecular flexibility index (Phi) is 5.18. The fourth-order valence-corrected chi connectivity index (χ4v) is 2.75. The maximum Gasteiger partial charge on any atom is 0.337 e. The highest BCUT2D eigenvalue weighted by atomic mass is 16.7. The third kappa shape index (κ3) is 4.40. The highest BCUT2D eigenvalue weighted by Crippen LogP contribution is 2.32. The maximum atomic E-state index is 11.5. The largest absolute Gasteiger partial charge is 0.465 e. The molecule has 0 amide bonds. The van der Waals surface area contributed by atoms with E-state index in [0.717, 1.165) is 33.8 Å². The summed E-state index contributed by atoms with van der Waals surface area (Å²) < 4.78 is 15.4. The SMILES string of the molecule is COC(=O)c1ccc(C#Cc2cccc(C#Cc3ccc4c(c3)OCO4)c2)cc1.